The third-order valence-electron chi connectivity index (χ3n) is 4.13. The molecule has 1 amide bonds. The van der Waals surface area contributed by atoms with Crippen molar-refractivity contribution in [2.45, 2.75) is 32.9 Å². The first-order valence-corrected chi connectivity index (χ1v) is 7.90. The fourth-order valence-electron chi connectivity index (χ4n) is 2.77. The van der Waals surface area contributed by atoms with Gasteiger partial charge in [0.15, 0.2) is 0 Å². The van der Waals surface area contributed by atoms with Gasteiger partial charge in [0, 0.05) is 11.8 Å². The Kier molecular flexibility index (Phi) is 4.42. The molecule has 0 bridgehead atoms. The minimum Gasteiger partial charge on any atom is -0.350 e. The number of fused-ring (bicyclic) bond motifs is 1. The summed E-state index contributed by atoms with van der Waals surface area (Å²) in [7, 11) is 0. The molecule has 4 heteroatoms. The van der Waals surface area contributed by atoms with Gasteiger partial charge in [-0.2, -0.15) is 5.10 Å². The molecule has 0 saturated carbocycles. The molecule has 0 radical (unpaired) electrons. The molecule has 1 unspecified atom stereocenters. The molecule has 118 valence electrons. The van der Waals surface area contributed by atoms with Crippen LogP contribution >= 0.6 is 0 Å². The molecule has 0 fully saturated rings. The number of carbonyl (C=O) groups excluding carboxylic acids is 1. The lowest BCUT2D eigenvalue weighted by atomic mass is 10.1. The minimum atomic E-state index is 0.0142. The first kappa shape index (κ1) is 15.3. The van der Waals surface area contributed by atoms with E-state index in [9.17, 15) is 4.79 Å². The van der Waals surface area contributed by atoms with Crippen molar-refractivity contribution in [2.24, 2.45) is 0 Å². The smallest absolute Gasteiger partial charge is 0.222 e. The number of rotatable bonds is 5. The third-order valence-corrected chi connectivity index (χ3v) is 4.13. The molecule has 0 saturated heterocycles. The highest BCUT2D eigenvalue weighted by molar-refractivity contribution is 5.82. The molecule has 23 heavy (non-hydrogen) atoms. The standard InChI is InChI=1S/C19H21N3O/c1-14-7-6-10-18-17(14)13-20-22(18)12-11-19(23)21-15(2)16-8-4-3-5-9-16/h3-10,13,15H,11-12H2,1-2H3,(H,21,23). The van der Waals surface area contributed by atoms with Crippen molar-refractivity contribution in [1.82, 2.24) is 15.1 Å². The summed E-state index contributed by atoms with van der Waals surface area (Å²) in [6.07, 6.45) is 2.29. The maximum absolute atomic E-state index is 12.2. The molecule has 1 aromatic heterocycles. The van der Waals surface area contributed by atoms with E-state index in [1.165, 1.54) is 5.56 Å². The molecule has 0 spiro atoms. The zero-order valence-corrected chi connectivity index (χ0v) is 13.5. The van der Waals surface area contributed by atoms with Crippen molar-refractivity contribution in [3.05, 3.63) is 65.9 Å². The molecule has 2 aromatic carbocycles. The van der Waals surface area contributed by atoms with Gasteiger partial charge >= 0.3 is 0 Å². The quantitative estimate of drug-likeness (QED) is 0.782. The van der Waals surface area contributed by atoms with Crippen LogP contribution in [0.25, 0.3) is 10.9 Å². The van der Waals surface area contributed by atoms with Crippen LogP contribution < -0.4 is 5.32 Å². The number of aromatic nitrogens is 2. The van der Waals surface area contributed by atoms with E-state index in [0.717, 1.165) is 16.5 Å². The number of carbonyl (C=O) groups is 1. The normalized spacial score (nSPS) is 12.3. The maximum Gasteiger partial charge on any atom is 0.222 e. The summed E-state index contributed by atoms with van der Waals surface area (Å²) in [6, 6.07) is 16.1. The molecular formula is C19H21N3O. The second kappa shape index (κ2) is 6.65. The maximum atomic E-state index is 12.2. The molecule has 1 heterocycles. The Morgan fingerprint density at radius 1 is 1.17 bits per heavy atom. The van der Waals surface area contributed by atoms with Gasteiger partial charge in [-0.25, -0.2) is 0 Å². The molecular weight excluding hydrogens is 286 g/mol. The Morgan fingerprint density at radius 2 is 1.96 bits per heavy atom. The first-order valence-electron chi connectivity index (χ1n) is 7.90. The van der Waals surface area contributed by atoms with E-state index in [0.29, 0.717) is 13.0 Å². The Hall–Kier alpha value is -2.62. The Bertz CT molecular complexity index is 808. The second-order valence-electron chi connectivity index (χ2n) is 5.83. The SMILES string of the molecule is Cc1cccc2c1cnn2CCC(=O)NC(C)c1ccccc1. The number of nitrogens with zero attached hydrogens (tertiary/aromatic N) is 2. The highest BCUT2D eigenvalue weighted by Crippen LogP contribution is 2.18. The predicted molar refractivity (Wildman–Crippen MR) is 92.1 cm³/mol. The second-order valence-corrected chi connectivity index (χ2v) is 5.83. The van der Waals surface area contributed by atoms with Gasteiger partial charge in [-0.3, -0.25) is 9.48 Å². The lowest BCUT2D eigenvalue weighted by Crippen LogP contribution is -2.27. The Labute approximate surface area is 136 Å². The van der Waals surface area contributed by atoms with Gasteiger partial charge in [-0.1, -0.05) is 42.5 Å². The highest BCUT2D eigenvalue weighted by Gasteiger charge is 2.10. The number of nitrogens with one attached hydrogen (secondary N) is 1. The number of hydrogen-bond acceptors (Lipinski definition) is 2. The summed E-state index contributed by atoms with van der Waals surface area (Å²) in [4.78, 5) is 12.2. The van der Waals surface area contributed by atoms with E-state index in [1.54, 1.807) is 0 Å². The van der Waals surface area contributed by atoms with Gasteiger partial charge in [0.05, 0.1) is 24.3 Å². The van der Waals surface area contributed by atoms with Gasteiger partial charge < -0.3 is 5.32 Å². The average Bonchev–Trinajstić information content (AvgIpc) is 2.98. The largest absolute Gasteiger partial charge is 0.350 e. The van der Waals surface area contributed by atoms with E-state index >= 15 is 0 Å². The summed E-state index contributed by atoms with van der Waals surface area (Å²) in [6.45, 7) is 4.66. The zero-order chi connectivity index (χ0) is 16.2. The molecule has 4 nitrogen and oxygen atoms in total. The van der Waals surface area contributed by atoms with Crippen molar-refractivity contribution in [3.8, 4) is 0 Å². The minimum absolute atomic E-state index is 0.0142. The van der Waals surface area contributed by atoms with Crippen LogP contribution in [0.1, 0.15) is 30.5 Å². The number of amides is 1. The molecule has 0 aliphatic carbocycles. The predicted octanol–water partition coefficient (Wildman–Crippen LogP) is 3.61. The summed E-state index contributed by atoms with van der Waals surface area (Å²) < 4.78 is 1.90. The van der Waals surface area contributed by atoms with Crippen LogP contribution in [-0.2, 0) is 11.3 Å². The average molecular weight is 307 g/mol. The molecule has 3 rings (SSSR count). The van der Waals surface area contributed by atoms with Crippen molar-refractivity contribution in [1.29, 1.82) is 0 Å². The van der Waals surface area contributed by atoms with Gasteiger partial charge in [-0.15, -0.1) is 0 Å². The van der Waals surface area contributed by atoms with Crippen molar-refractivity contribution in [2.75, 3.05) is 0 Å². The Balaban J connectivity index is 1.61. The topological polar surface area (TPSA) is 46.9 Å². The number of hydrogen-bond donors (Lipinski definition) is 1. The zero-order valence-electron chi connectivity index (χ0n) is 13.5. The highest BCUT2D eigenvalue weighted by atomic mass is 16.1. The van der Waals surface area contributed by atoms with E-state index in [-0.39, 0.29) is 11.9 Å². The summed E-state index contributed by atoms with van der Waals surface area (Å²) in [5.41, 5.74) is 3.39. The van der Waals surface area contributed by atoms with Crippen molar-refractivity contribution < 1.29 is 4.79 Å². The van der Waals surface area contributed by atoms with E-state index in [1.807, 2.05) is 60.3 Å². The van der Waals surface area contributed by atoms with Crippen LogP contribution in [0.2, 0.25) is 0 Å². The fraction of sp³-hybridized carbons (Fsp3) is 0.263. The summed E-state index contributed by atoms with van der Waals surface area (Å²) in [5.74, 6) is 0.0395. The van der Waals surface area contributed by atoms with Crippen LogP contribution in [0.3, 0.4) is 0 Å². The van der Waals surface area contributed by atoms with Crippen molar-refractivity contribution in [3.63, 3.8) is 0 Å². The number of benzene rings is 2. The monoisotopic (exact) mass is 307 g/mol. The first-order chi connectivity index (χ1) is 11.1. The fourth-order valence-corrected chi connectivity index (χ4v) is 2.77. The van der Waals surface area contributed by atoms with Gasteiger partial charge in [0.2, 0.25) is 5.91 Å². The molecule has 0 aliphatic rings. The lowest BCUT2D eigenvalue weighted by molar-refractivity contribution is -0.122. The van der Waals surface area contributed by atoms with Crippen molar-refractivity contribution >= 4 is 16.8 Å². The Morgan fingerprint density at radius 3 is 2.74 bits per heavy atom. The molecule has 0 aliphatic heterocycles. The summed E-state index contributed by atoms with van der Waals surface area (Å²) >= 11 is 0. The van der Waals surface area contributed by atoms with Gasteiger partial charge in [-0.05, 0) is 31.0 Å². The van der Waals surface area contributed by atoms with E-state index < -0.39 is 0 Å². The van der Waals surface area contributed by atoms with Gasteiger partial charge in [0.1, 0.15) is 0 Å². The summed E-state index contributed by atoms with van der Waals surface area (Å²) in [5, 5.41) is 8.58. The molecule has 3 aromatic rings. The van der Waals surface area contributed by atoms with E-state index in [4.69, 9.17) is 0 Å². The van der Waals surface area contributed by atoms with E-state index in [2.05, 4.69) is 23.4 Å². The van der Waals surface area contributed by atoms with Crippen LogP contribution in [0.5, 0.6) is 0 Å². The third kappa shape index (κ3) is 3.42. The lowest BCUT2D eigenvalue weighted by Gasteiger charge is -2.14. The van der Waals surface area contributed by atoms with Crippen LogP contribution in [-0.4, -0.2) is 15.7 Å². The van der Waals surface area contributed by atoms with Crippen LogP contribution in [0, 0.1) is 6.92 Å². The molecule has 1 atom stereocenters. The number of aryl methyl sites for hydroxylation is 2. The molecule has 1 N–H and O–H groups in total. The van der Waals surface area contributed by atoms with Gasteiger partial charge in [0.25, 0.3) is 0 Å². The van der Waals surface area contributed by atoms with Crippen LogP contribution in [0.15, 0.2) is 54.7 Å². The van der Waals surface area contributed by atoms with Crippen LogP contribution in [0.4, 0.5) is 0 Å².